The van der Waals surface area contributed by atoms with Gasteiger partial charge < -0.3 is 30.6 Å². The van der Waals surface area contributed by atoms with Crippen molar-refractivity contribution in [2.45, 2.75) is 6.92 Å². The molecule has 0 saturated heterocycles. The topological polar surface area (TPSA) is 119 Å². The molecule has 4 N–H and O–H groups in total. The summed E-state index contributed by atoms with van der Waals surface area (Å²) in [5.41, 5.74) is 12.3. The molecule has 4 rings (SSSR count). The van der Waals surface area contributed by atoms with Crippen molar-refractivity contribution in [1.82, 2.24) is 19.9 Å². The van der Waals surface area contributed by atoms with Crippen LogP contribution in [-0.4, -0.2) is 61.2 Å². The van der Waals surface area contributed by atoms with Gasteiger partial charge in [-0.3, -0.25) is 0 Å². The van der Waals surface area contributed by atoms with Crippen molar-refractivity contribution in [2.75, 3.05) is 57.3 Å². The normalized spacial score (nSPS) is 11.0. The minimum absolute atomic E-state index is 0.343. The highest BCUT2D eigenvalue weighted by molar-refractivity contribution is 5.97. The van der Waals surface area contributed by atoms with E-state index < -0.39 is 0 Å². The summed E-state index contributed by atoms with van der Waals surface area (Å²) in [5.74, 6) is 0.957. The molecule has 2 aromatic carbocycles. The maximum Gasteiger partial charge on any atom is 0.227 e. The van der Waals surface area contributed by atoms with Crippen LogP contribution in [-0.2, 0) is 0 Å². The number of nitrogens with zero attached hydrogens (tertiary/aromatic N) is 5. The lowest BCUT2D eigenvalue weighted by Crippen LogP contribution is -2.29. The van der Waals surface area contributed by atoms with Crippen LogP contribution in [0.3, 0.4) is 0 Å². The van der Waals surface area contributed by atoms with Crippen LogP contribution in [0.2, 0.25) is 0 Å². The first kappa shape index (κ1) is 23.9. The Morgan fingerprint density at radius 3 is 2.66 bits per heavy atom. The standard InChI is InChI=1S/C26H30N8O/c1-16-24(18-8-6-7-9-20(18)30-16)25-17(14-27)15-29-26(32-25)31-21-12-19(28)22(13-23(21)35-5)34(4)11-10-33(2)3/h6-9,12-13,15,30H,10-11,28H2,1-5H3,(H,29,31,32). The second-order valence-corrected chi connectivity index (χ2v) is 8.70. The maximum absolute atomic E-state index is 9.74. The molecule has 0 aliphatic carbocycles. The molecule has 0 radical (unpaired) electrons. The molecule has 0 aliphatic heterocycles. The van der Waals surface area contributed by atoms with Crippen LogP contribution in [0.5, 0.6) is 5.75 Å². The van der Waals surface area contributed by atoms with Gasteiger partial charge in [-0.2, -0.15) is 5.26 Å². The van der Waals surface area contributed by atoms with E-state index in [1.165, 1.54) is 6.20 Å². The van der Waals surface area contributed by atoms with E-state index in [2.05, 4.69) is 31.2 Å². The number of anilines is 4. The molecule has 0 fully saturated rings. The zero-order valence-electron chi connectivity index (χ0n) is 20.7. The van der Waals surface area contributed by atoms with Gasteiger partial charge in [-0.05, 0) is 33.2 Å². The number of rotatable bonds is 8. The van der Waals surface area contributed by atoms with Gasteiger partial charge in [-0.15, -0.1) is 0 Å². The van der Waals surface area contributed by atoms with Crippen molar-refractivity contribution in [3.63, 3.8) is 0 Å². The number of hydrogen-bond donors (Lipinski definition) is 3. The summed E-state index contributed by atoms with van der Waals surface area (Å²) < 4.78 is 5.65. The first-order chi connectivity index (χ1) is 16.8. The second-order valence-electron chi connectivity index (χ2n) is 8.70. The smallest absolute Gasteiger partial charge is 0.227 e. The zero-order chi connectivity index (χ0) is 25.1. The minimum atomic E-state index is 0.343. The Hall–Kier alpha value is -4.29. The van der Waals surface area contributed by atoms with Crippen molar-refractivity contribution in [1.29, 1.82) is 5.26 Å². The summed E-state index contributed by atoms with van der Waals surface area (Å²) in [5, 5.41) is 14.0. The number of nitrogens with one attached hydrogen (secondary N) is 2. The summed E-state index contributed by atoms with van der Waals surface area (Å²) in [4.78, 5) is 16.7. The predicted octanol–water partition coefficient (Wildman–Crippen LogP) is 4.14. The third-order valence-corrected chi connectivity index (χ3v) is 5.93. The molecule has 9 nitrogen and oxygen atoms in total. The molecule has 2 heterocycles. The first-order valence-corrected chi connectivity index (χ1v) is 11.3. The van der Waals surface area contributed by atoms with E-state index >= 15 is 0 Å². The van der Waals surface area contributed by atoms with E-state index in [0.717, 1.165) is 40.9 Å². The summed E-state index contributed by atoms with van der Waals surface area (Å²) in [6.07, 6.45) is 1.53. The fourth-order valence-corrected chi connectivity index (χ4v) is 4.07. The molecular weight excluding hydrogens is 440 g/mol. The Bertz CT molecular complexity index is 1400. The molecule has 0 aliphatic rings. The number of aromatic amines is 1. The highest BCUT2D eigenvalue weighted by Crippen LogP contribution is 2.37. The van der Waals surface area contributed by atoms with Gasteiger partial charge in [0.1, 0.15) is 11.8 Å². The SMILES string of the molecule is COc1cc(N(C)CCN(C)C)c(N)cc1Nc1ncc(C#N)c(-c2c(C)[nH]c3ccccc23)n1. The number of hydrogen-bond acceptors (Lipinski definition) is 8. The van der Waals surface area contributed by atoms with Gasteiger partial charge in [-0.1, -0.05) is 18.2 Å². The number of benzene rings is 2. The van der Waals surface area contributed by atoms with Crippen molar-refractivity contribution < 1.29 is 4.74 Å². The zero-order valence-corrected chi connectivity index (χ0v) is 20.7. The summed E-state index contributed by atoms with van der Waals surface area (Å²) in [6.45, 7) is 3.69. The van der Waals surface area contributed by atoms with Gasteiger partial charge in [0.2, 0.25) is 5.95 Å². The van der Waals surface area contributed by atoms with E-state index in [4.69, 9.17) is 15.5 Å². The third-order valence-electron chi connectivity index (χ3n) is 5.93. The van der Waals surface area contributed by atoms with Crippen molar-refractivity contribution >= 4 is 33.9 Å². The van der Waals surface area contributed by atoms with Gasteiger partial charge in [0.05, 0.1) is 41.6 Å². The van der Waals surface area contributed by atoms with Crippen LogP contribution in [0.1, 0.15) is 11.3 Å². The lowest BCUT2D eigenvalue weighted by molar-refractivity contribution is 0.413. The van der Waals surface area contributed by atoms with Crippen molar-refractivity contribution in [3.8, 4) is 23.1 Å². The largest absolute Gasteiger partial charge is 0.494 e. The molecule has 180 valence electrons. The number of likely N-dealkylation sites (N-methyl/N-ethyl adjacent to an activating group) is 2. The molecule has 9 heteroatoms. The van der Waals surface area contributed by atoms with E-state index in [-0.39, 0.29) is 0 Å². The monoisotopic (exact) mass is 470 g/mol. The average Bonchev–Trinajstić information content (AvgIpc) is 3.18. The van der Waals surface area contributed by atoms with E-state index in [1.807, 2.05) is 64.5 Å². The van der Waals surface area contributed by atoms with Gasteiger partial charge in [0.15, 0.2) is 0 Å². The Balaban J connectivity index is 1.71. The number of aromatic nitrogens is 3. The quantitative estimate of drug-likeness (QED) is 0.329. The Kier molecular flexibility index (Phi) is 6.75. The lowest BCUT2D eigenvalue weighted by Gasteiger charge is -2.24. The van der Waals surface area contributed by atoms with E-state index in [0.29, 0.717) is 34.3 Å². The molecular formula is C26H30N8O. The second kappa shape index (κ2) is 9.91. The van der Waals surface area contributed by atoms with E-state index in [1.54, 1.807) is 7.11 Å². The van der Waals surface area contributed by atoms with Crippen LogP contribution in [0.15, 0.2) is 42.6 Å². The number of H-pyrrole nitrogens is 1. The number of ether oxygens (including phenoxy) is 1. The van der Waals surface area contributed by atoms with E-state index in [9.17, 15) is 5.26 Å². The fraction of sp³-hybridized carbons (Fsp3) is 0.269. The molecule has 0 atom stereocenters. The Morgan fingerprint density at radius 2 is 1.94 bits per heavy atom. The van der Waals surface area contributed by atoms with Crippen molar-refractivity contribution in [3.05, 3.63) is 53.9 Å². The van der Waals surface area contributed by atoms with Crippen LogP contribution >= 0.6 is 0 Å². The van der Waals surface area contributed by atoms with Gasteiger partial charge >= 0.3 is 0 Å². The molecule has 0 spiro atoms. The number of methoxy groups -OCH3 is 1. The van der Waals surface area contributed by atoms with Crippen LogP contribution in [0, 0.1) is 18.3 Å². The third kappa shape index (κ3) is 4.83. The molecule has 4 aromatic rings. The maximum atomic E-state index is 9.74. The van der Waals surface area contributed by atoms with Gasteiger partial charge in [0.25, 0.3) is 0 Å². The Labute approximate surface area is 205 Å². The summed E-state index contributed by atoms with van der Waals surface area (Å²) >= 11 is 0. The molecule has 0 saturated carbocycles. The highest BCUT2D eigenvalue weighted by Gasteiger charge is 2.18. The van der Waals surface area contributed by atoms with Crippen LogP contribution in [0.4, 0.5) is 23.0 Å². The summed E-state index contributed by atoms with van der Waals surface area (Å²) in [7, 11) is 7.69. The molecule has 0 amide bonds. The fourth-order valence-electron chi connectivity index (χ4n) is 4.07. The molecule has 0 unspecified atom stereocenters. The van der Waals surface area contributed by atoms with Crippen molar-refractivity contribution in [2.24, 2.45) is 0 Å². The van der Waals surface area contributed by atoms with Crippen LogP contribution < -0.4 is 20.7 Å². The number of aryl methyl sites for hydroxylation is 1. The molecule has 2 aromatic heterocycles. The molecule has 0 bridgehead atoms. The van der Waals surface area contributed by atoms with Gasteiger partial charge in [-0.25, -0.2) is 9.97 Å². The van der Waals surface area contributed by atoms with Gasteiger partial charge in [0, 0.05) is 48.4 Å². The number of nitriles is 1. The Morgan fingerprint density at radius 1 is 1.17 bits per heavy atom. The average molecular weight is 471 g/mol. The first-order valence-electron chi connectivity index (χ1n) is 11.3. The predicted molar refractivity (Wildman–Crippen MR) is 141 cm³/mol. The lowest BCUT2D eigenvalue weighted by atomic mass is 10.0. The number of fused-ring (bicyclic) bond motifs is 1. The number of nitrogens with two attached hydrogens (primary N) is 1. The number of nitrogen functional groups attached to an aromatic ring is 1. The number of para-hydroxylation sites is 1. The highest BCUT2D eigenvalue weighted by atomic mass is 16.5. The summed E-state index contributed by atoms with van der Waals surface area (Å²) in [6, 6.07) is 13.9. The molecule has 35 heavy (non-hydrogen) atoms. The minimum Gasteiger partial charge on any atom is -0.494 e. The van der Waals surface area contributed by atoms with Crippen LogP contribution in [0.25, 0.3) is 22.2 Å².